The molecule has 1 saturated carbocycles. The molecule has 0 saturated heterocycles. The van der Waals surface area contributed by atoms with E-state index in [4.69, 9.17) is 0 Å². The van der Waals surface area contributed by atoms with Gasteiger partial charge in [0.2, 0.25) is 0 Å². The number of hydrogen-bond donors (Lipinski definition) is 0. The Balaban J connectivity index is 1.16. The quantitative estimate of drug-likeness (QED) is 0.135. The zero-order valence-corrected chi connectivity index (χ0v) is 31.4. The van der Waals surface area contributed by atoms with Gasteiger partial charge in [-0.1, -0.05) is 137 Å². The lowest BCUT2D eigenvalue weighted by Gasteiger charge is -2.60. The van der Waals surface area contributed by atoms with Crippen molar-refractivity contribution >= 4 is 46.2 Å². The first-order chi connectivity index (χ1) is 23.4. The molecule has 0 amide bonds. The highest BCUT2D eigenvalue weighted by Gasteiger charge is 2.53. The van der Waals surface area contributed by atoms with E-state index < -0.39 is 8.07 Å². The molecular formula is C47H49NSi. The van der Waals surface area contributed by atoms with Gasteiger partial charge in [0.15, 0.2) is 0 Å². The van der Waals surface area contributed by atoms with Crippen LogP contribution in [0.4, 0.5) is 11.4 Å². The van der Waals surface area contributed by atoms with Crippen molar-refractivity contribution in [2.75, 3.05) is 4.90 Å². The van der Waals surface area contributed by atoms with Crippen LogP contribution in [-0.2, 0) is 11.8 Å². The first kappa shape index (κ1) is 30.9. The number of hydrogen-bond acceptors (Lipinski definition) is 1. The molecular weight excluding hydrogens is 607 g/mol. The Kier molecular flexibility index (Phi) is 6.58. The first-order valence-corrected chi connectivity index (χ1v) is 22.0. The summed E-state index contributed by atoms with van der Waals surface area (Å²) in [6, 6.07) is 42.6. The highest BCUT2D eigenvalue weighted by Crippen LogP contribution is 2.58. The number of rotatable bonds is 3. The Labute approximate surface area is 294 Å². The van der Waals surface area contributed by atoms with Crippen molar-refractivity contribution in [1.29, 1.82) is 0 Å². The number of fused-ring (bicyclic) bond motifs is 9. The molecule has 2 atom stereocenters. The van der Waals surface area contributed by atoms with Gasteiger partial charge in [-0.15, -0.1) is 0 Å². The molecule has 2 aliphatic carbocycles. The predicted octanol–water partition coefficient (Wildman–Crippen LogP) is 12.5. The summed E-state index contributed by atoms with van der Waals surface area (Å²) in [5, 5.41) is 6.89. The summed E-state index contributed by atoms with van der Waals surface area (Å²) < 4.78 is 0. The smallest absolute Gasteiger partial charge is 0.0775 e. The maximum absolute atomic E-state index is 2.75. The van der Waals surface area contributed by atoms with E-state index in [1.165, 1.54) is 103 Å². The van der Waals surface area contributed by atoms with Crippen molar-refractivity contribution in [3.63, 3.8) is 0 Å². The minimum atomic E-state index is -1.37. The fraction of sp³-hybridized carbons (Fsp3) is 0.319. The monoisotopic (exact) mass is 655 g/mol. The maximum atomic E-state index is 2.75. The fourth-order valence-electron chi connectivity index (χ4n) is 10.1. The minimum absolute atomic E-state index is 0.0645. The van der Waals surface area contributed by atoms with E-state index in [1.54, 1.807) is 0 Å². The molecule has 0 spiro atoms. The maximum Gasteiger partial charge on any atom is 0.0775 e. The van der Waals surface area contributed by atoms with Gasteiger partial charge in [-0.05, 0) is 122 Å². The summed E-state index contributed by atoms with van der Waals surface area (Å²) in [5.74, 6) is 0. The summed E-state index contributed by atoms with van der Waals surface area (Å²) in [6.07, 6.45) is 6.30. The topological polar surface area (TPSA) is 3.24 Å². The molecule has 2 heteroatoms. The molecule has 0 radical (unpaired) electrons. The molecule has 1 heterocycles. The molecule has 49 heavy (non-hydrogen) atoms. The molecule has 0 aromatic heterocycles. The van der Waals surface area contributed by atoms with Crippen molar-refractivity contribution in [2.24, 2.45) is 5.41 Å². The fourth-order valence-corrected chi connectivity index (χ4v) is 11.2. The van der Waals surface area contributed by atoms with Crippen LogP contribution in [0, 0.1) is 5.41 Å². The van der Waals surface area contributed by atoms with E-state index in [0.717, 1.165) is 6.42 Å². The lowest BCUT2D eigenvalue weighted by atomic mass is 9.57. The molecule has 9 rings (SSSR count). The Morgan fingerprint density at radius 3 is 2.12 bits per heavy atom. The van der Waals surface area contributed by atoms with Crippen LogP contribution >= 0.6 is 0 Å². The van der Waals surface area contributed by atoms with Crippen LogP contribution < -0.4 is 10.1 Å². The molecule has 0 N–H and O–H groups in total. The van der Waals surface area contributed by atoms with Crippen molar-refractivity contribution in [2.45, 2.75) is 90.4 Å². The number of anilines is 2. The van der Waals surface area contributed by atoms with Gasteiger partial charge in [-0.25, -0.2) is 0 Å². The van der Waals surface area contributed by atoms with Gasteiger partial charge < -0.3 is 4.90 Å². The Hall–Kier alpha value is -4.14. The second-order valence-electron chi connectivity index (χ2n) is 17.4. The van der Waals surface area contributed by atoms with Gasteiger partial charge in [0.1, 0.15) is 0 Å². The van der Waals surface area contributed by atoms with E-state index >= 15 is 0 Å². The number of benzene rings is 6. The zero-order valence-electron chi connectivity index (χ0n) is 30.4. The molecule has 3 aliphatic rings. The third-order valence-electron chi connectivity index (χ3n) is 13.2. The predicted molar refractivity (Wildman–Crippen MR) is 215 cm³/mol. The van der Waals surface area contributed by atoms with Crippen molar-refractivity contribution in [3.05, 3.63) is 126 Å². The molecule has 1 aliphatic heterocycles. The average molecular weight is 656 g/mol. The van der Waals surface area contributed by atoms with Gasteiger partial charge in [0, 0.05) is 22.3 Å². The normalized spacial score (nSPS) is 22.5. The van der Waals surface area contributed by atoms with Gasteiger partial charge >= 0.3 is 0 Å². The highest BCUT2D eigenvalue weighted by molar-refractivity contribution is 6.88. The van der Waals surface area contributed by atoms with E-state index in [0.29, 0.717) is 0 Å². The summed E-state index contributed by atoms with van der Waals surface area (Å²) in [6.45, 7) is 17.3. The van der Waals surface area contributed by atoms with Crippen LogP contribution in [0.5, 0.6) is 0 Å². The third kappa shape index (κ3) is 4.42. The van der Waals surface area contributed by atoms with Gasteiger partial charge in [-0.2, -0.15) is 0 Å². The molecule has 1 fully saturated rings. The second kappa shape index (κ2) is 10.4. The molecule has 6 aromatic carbocycles. The zero-order chi connectivity index (χ0) is 33.9. The van der Waals surface area contributed by atoms with E-state index in [2.05, 4.69) is 161 Å². The summed E-state index contributed by atoms with van der Waals surface area (Å²) in [5.41, 5.74) is 12.8. The van der Waals surface area contributed by atoms with Crippen LogP contribution in [0.1, 0.15) is 70.1 Å². The van der Waals surface area contributed by atoms with Crippen molar-refractivity contribution in [1.82, 2.24) is 0 Å². The SMILES string of the molecule is CC1(C)c2cc(-c3ccc4c(c3)CC3(C)CCCCC3(C)N4c3ccc([Si](C)(C)C)cc3)ccc2-c2c1ccc1c2ccc2ccccc21. The summed E-state index contributed by atoms with van der Waals surface area (Å²) in [4.78, 5) is 2.75. The van der Waals surface area contributed by atoms with Crippen LogP contribution in [0.2, 0.25) is 19.6 Å². The van der Waals surface area contributed by atoms with Crippen LogP contribution in [0.15, 0.2) is 109 Å². The van der Waals surface area contributed by atoms with E-state index in [1.807, 2.05) is 0 Å². The van der Waals surface area contributed by atoms with Gasteiger partial charge in [0.05, 0.1) is 8.07 Å². The van der Waals surface area contributed by atoms with Crippen molar-refractivity contribution in [3.8, 4) is 22.3 Å². The Bertz CT molecular complexity index is 2300. The number of nitrogens with zero attached hydrogens (tertiary/aromatic N) is 1. The molecule has 246 valence electrons. The van der Waals surface area contributed by atoms with E-state index in [9.17, 15) is 0 Å². The van der Waals surface area contributed by atoms with Crippen LogP contribution in [0.25, 0.3) is 43.8 Å². The summed E-state index contributed by atoms with van der Waals surface area (Å²) >= 11 is 0. The molecule has 2 unspecified atom stereocenters. The van der Waals surface area contributed by atoms with Crippen LogP contribution in [0.3, 0.4) is 0 Å². The highest BCUT2D eigenvalue weighted by atomic mass is 28.3. The average Bonchev–Trinajstić information content (AvgIpc) is 3.32. The van der Waals surface area contributed by atoms with E-state index in [-0.39, 0.29) is 16.4 Å². The molecule has 6 aromatic rings. The first-order valence-electron chi connectivity index (χ1n) is 18.5. The Morgan fingerprint density at radius 1 is 0.612 bits per heavy atom. The molecule has 0 bridgehead atoms. The lowest BCUT2D eigenvalue weighted by Crippen LogP contribution is -2.60. The largest absolute Gasteiger partial charge is 0.335 e. The Morgan fingerprint density at radius 2 is 1.33 bits per heavy atom. The van der Waals surface area contributed by atoms with Crippen molar-refractivity contribution < 1.29 is 0 Å². The summed E-state index contributed by atoms with van der Waals surface area (Å²) in [7, 11) is -1.37. The standard InChI is InChI=1S/C47H49NSi/c1-45(2)41-24-23-38-37-13-9-8-12-31(37)14-21-39(38)44(41)40-22-15-33(29-42(40)45)32-16-25-43-34(28-32)30-46(3)26-10-11-27-47(46,4)48(43)35-17-19-36(20-18-35)49(5,6)7/h8-9,12-25,28-29H,10-11,26-27,30H2,1-7H3. The second-order valence-corrected chi connectivity index (χ2v) is 22.5. The molecule has 1 nitrogen and oxygen atoms in total. The van der Waals surface area contributed by atoms with Gasteiger partial charge in [0.25, 0.3) is 0 Å². The third-order valence-corrected chi connectivity index (χ3v) is 15.3. The lowest BCUT2D eigenvalue weighted by molar-refractivity contribution is 0.0863. The minimum Gasteiger partial charge on any atom is -0.335 e. The van der Waals surface area contributed by atoms with Gasteiger partial charge in [-0.3, -0.25) is 0 Å². The van der Waals surface area contributed by atoms with Crippen LogP contribution in [-0.4, -0.2) is 13.6 Å².